The molecule has 2 aromatic rings. The molecule has 0 saturated heterocycles. The Labute approximate surface area is 127 Å². The summed E-state index contributed by atoms with van der Waals surface area (Å²) in [7, 11) is 1.73. The first kappa shape index (κ1) is 14.6. The van der Waals surface area contributed by atoms with Crippen molar-refractivity contribution >= 4 is 21.8 Å². The van der Waals surface area contributed by atoms with Crippen molar-refractivity contribution in [1.82, 2.24) is 4.90 Å². The van der Waals surface area contributed by atoms with Crippen molar-refractivity contribution in [2.45, 2.75) is 13.5 Å². The van der Waals surface area contributed by atoms with Gasteiger partial charge in [0.2, 0.25) is 0 Å². The Morgan fingerprint density at radius 1 is 1.25 bits per heavy atom. The number of hydrogen-bond donors (Lipinski definition) is 1. The van der Waals surface area contributed by atoms with Gasteiger partial charge in [-0.2, -0.15) is 0 Å². The summed E-state index contributed by atoms with van der Waals surface area (Å²) < 4.78 is 0.984. The van der Waals surface area contributed by atoms with Crippen LogP contribution in [0.3, 0.4) is 0 Å². The Bertz CT molecular complexity index is 640. The highest BCUT2D eigenvalue weighted by Gasteiger charge is 2.14. The monoisotopic (exact) mass is 333 g/mol. The molecule has 0 aromatic heterocycles. The van der Waals surface area contributed by atoms with E-state index in [4.69, 9.17) is 0 Å². The van der Waals surface area contributed by atoms with Crippen LogP contribution < -0.4 is 0 Å². The number of aromatic hydroxyl groups is 1. The molecule has 0 aliphatic carbocycles. The number of amides is 1. The first-order valence-corrected chi connectivity index (χ1v) is 7.07. The number of hydrogen-bond acceptors (Lipinski definition) is 2. The predicted molar refractivity (Wildman–Crippen MR) is 82.8 cm³/mol. The van der Waals surface area contributed by atoms with Crippen LogP contribution in [-0.2, 0) is 6.54 Å². The van der Waals surface area contributed by atoms with Gasteiger partial charge in [0, 0.05) is 29.2 Å². The number of phenolic OH excluding ortho intramolecular Hbond substituents is 1. The van der Waals surface area contributed by atoms with Crippen LogP contribution in [0.5, 0.6) is 5.75 Å². The maximum absolute atomic E-state index is 12.4. The van der Waals surface area contributed by atoms with Gasteiger partial charge in [-0.1, -0.05) is 34.1 Å². The van der Waals surface area contributed by atoms with Gasteiger partial charge in [-0.15, -0.1) is 0 Å². The average molecular weight is 334 g/mol. The number of aryl methyl sites for hydroxylation is 1. The van der Waals surface area contributed by atoms with Gasteiger partial charge in [0.15, 0.2) is 0 Å². The van der Waals surface area contributed by atoms with Gasteiger partial charge in [0.1, 0.15) is 5.75 Å². The second-order valence-corrected chi connectivity index (χ2v) is 5.61. The Morgan fingerprint density at radius 3 is 2.60 bits per heavy atom. The van der Waals surface area contributed by atoms with E-state index >= 15 is 0 Å². The highest BCUT2D eigenvalue weighted by molar-refractivity contribution is 9.10. The molecule has 0 unspecified atom stereocenters. The van der Waals surface area contributed by atoms with E-state index in [1.165, 1.54) is 0 Å². The van der Waals surface area contributed by atoms with E-state index in [-0.39, 0.29) is 11.7 Å². The third-order valence-electron chi connectivity index (χ3n) is 3.15. The molecule has 0 fully saturated rings. The van der Waals surface area contributed by atoms with E-state index < -0.39 is 0 Å². The summed E-state index contributed by atoms with van der Waals surface area (Å²) in [5.41, 5.74) is 2.40. The van der Waals surface area contributed by atoms with Gasteiger partial charge in [-0.3, -0.25) is 4.79 Å². The quantitative estimate of drug-likeness (QED) is 0.929. The summed E-state index contributed by atoms with van der Waals surface area (Å²) >= 11 is 3.42. The third kappa shape index (κ3) is 3.20. The number of para-hydroxylation sites is 1. The minimum Gasteiger partial charge on any atom is -0.508 e. The Balaban J connectivity index is 2.16. The number of benzene rings is 2. The molecule has 0 radical (unpaired) electrons. The fourth-order valence-corrected chi connectivity index (χ4v) is 2.22. The molecule has 0 saturated carbocycles. The zero-order valence-corrected chi connectivity index (χ0v) is 13.0. The van der Waals surface area contributed by atoms with Crippen molar-refractivity contribution < 1.29 is 9.90 Å². The molecular weight excluding hydrogens is 318 g/mol. The van der Waals surface area contributed by atoms with Crippen LogP contribution >= 0.6 is 15.9 Å². The smallest absolute Gasteiger partial charge is 0.253 e. The van der Waals surface area contributed by atoms with Crippen molar-refractivity contribution in [3.05, 3.63) is 63.6 Å². The number of carbonyl (C=O) groups excluding carboxylic acids is 1. The average Bonchev–Trinajstić information content (AvgIpc) is 2.43. The molecule has 1 N–H and O–H groups in total. The fraction of sp³-hybridized carbons (Fsp3) is 0.188. The Morgan fingerprint density at radius 2 is 1.95 bits per heavy atom. The molecular formula is C16H16BrNO2. The van der Waals surface area contributed by atoms with Crippen LogP contribution in [0.2, 0.25) is 0 Å². The van der Waals surface area contributed by atoms with Crippen molar-refractivity contribution in [3.63, 3.8) is 0 Å². The van der Waals surface area contributed by atoms with E-state index in [9.17, 15) is 9.90 Å². The zero-order valence-electron chi connectivity index (χ0n) is 11.4. The molecule has 4 heteroatoms. The number of nitrogens with zero attached hydrogens (tertiary/aromatic N) is 1. The van der Waals surface area contributed by atoms with Gasteiger partial charge in [0.05, 0.1) is 0 Å². The van der Waals surface area contributed by atoms with Crippen LogP contribution in [0.1, 0.15) is 21.5 Å². The minimum absolute atomic E-state index is 0.0659. The molecule has 0 heterocycles. The van der Waals surface area contributed by atoms with Gasteiger partial charge >= 0.3 is 0 Å². The second-order valence-electron chi connectivity index (χ2n) is 4.75. The molecule has 20 heavy (non-hydrogen) atoms. The van der Waals surface area contributed by atoms with E-state index in [1.807, 2.05) is 31.2 Å². The highest BCUT2D eigenvalue weighted by atomic mass is 79.9. The molecule has 0 aliphatic heterocycles. The standard InChI is InChI=1S/C16H16BrNO2/c1-11-9-12(7-8-14(11)17)16(20)18(2)10-13-5-3-4-6-15(13)19/h3-9,19H,10H2,1-2H3. The summed E-state index contributed by atoms with van der Waals surface area (Å²) in [6, 6.07) is 12.6. The molecule has 3 nitrogen and oxygen atoms in total. The number of phenols is 1. The molecule has 104 valence electrons. The van der Waals surface area contributed by atoms with E-state index in [0.717, 1.165) is 15.6 Å². The summed E-state index contributed by atoms with van der Waals surface area (Å²) in [5.74, 6) is 0.142. The highest BCUT2D eigenvalue weighted by Crippen LogP contribution is 2.20. The molecule has 2 aromatic carbocycles. The van der Waals surface area contributed by atoms with E-state index in [2.05, 4.69) is 15.9 Å². The van der Waals surface area contributed by atoms with Crippen LogP contribution in [-0.4, -0.2) is 23.0 Å². The van der Waals surface area contributed by atoms with Crippen LogP contribution in [0.25, 0.3) is 0 Å². The van der Waals surface area contributed by atoms with Crippen LogP contribution in [0.15, 0.2) is 46.9 Å². The van der Waals surface area contributed by atoms with E-state index in [0.29, 0.717) is 12.1 Å². The normalized spacial score (nSPS) is 10.3. The molecule has 2 rings (SSSR count). The Hall–Kier alpha value is -1.81. The van der Waals surface area contributed by atoms with Crippen molar-refractivity contribution in [3.8, 4) is 5.75 Å². The van der Waals surface area contributed by atoms with Gasteiger partial charge in [-0.05, 0) is 36.8 Å². The first-order chi connectivity index (χ1) is 9.49. The number of halogens is 1. The van der Waals surface area contributed by atoms with Gasteiger partial charge < -0.3 is 10.0 Å². The lowest BCUT2D eigenvalue weighted by molar-refractivity contribution is 0.0784. The molecule has 0 aliphatic rings. The number of carbonyl (C=O) groups is 1. The maximum Gasteiger partial charge on any atom is 0.253 e. The second kappa shape index (κ2) is 6.09. The fourth-order valence-electron chi connectivity index (χ4n) is 1.97. The third-order valence-corrected chi connectivity index (χ3v) is 4.04. The van der Waals surface area contributed by atoms with Gasteiger partial charge in [0.25, 0.3) is 5.91 Å². The summed E-state index contributed by atoms with van der Waals surface area (Å²) in [6.07, 6.45) is 0. The van der Waals surface area contributed by atoms with Crippen LogP contribution in [0, 0.1) is 6.92 Å². The molecule has 0 atom stereocenters. The van der Waals surface area contributed by atoms with Crippen molar-refractivity contribution in [2.24, 2.45) is 0 Å². The maximum atomic E-state index is 12.4. The van der Waals surface area contributed by atoms with E-state index in [1.54, 1.807) is 30.1 Å². The molecule has 0 bridgehead atoms. The Kier molecular flexibility index (Phi) is 4.45. The van der Waals surface area contributed by atoms with Crippen molar-refractivity contribution in [2.75, 3.05) is 7.05 Å². The van der Waals surface area contributed by atoms with Gasteiger partial charge in [-0.25, -0.2) is 0 Å². The molecule has 0 spiro atoms. The zero-order chi connectivity index (χ0) is 14.7. The SMILES string of the molecule is Cc1cc(C(=O)N(C)Cc2ccccc2O)ccc1Br. The van der Waals surface area contributed by atoms with Crippen molar-refractivity contribution in [1.29, 1.82) is 0 Å². The lowest BCUT2D eigenvalue weighted by atomic mass is 10.1. The molecule has 1 amide bonds. The minimum atomic E-state index is -0.0659. The predicted octanol–water partition coefficient (Wildman–Crippen LogP) is 3.74. The first-order valence-electron chi connectivity index (χ1n) is 6.27. The largest absolute Gasteiger partial charge is 0.508 e. The lowest BCUT2D eigenvalue weighted by Gasteiger charge is -2.18. The summed E-state index contributed by atoms with van der Waals surface area (Å²) in [6.45, 7) is 2.32. The lowest BCUT2D eigenvalue weighted by Crippen LogP contribution is -2.26. The topological polar surface area (TPSA) is 40.5 Å². The summed E-state index contributed by atoms with van der Waals surface area (Å²) in [5, 5.41) is 9.75. The number of rotatable bonds is 3. The van der Waals surface area contributed by atoms with Crippen LogP contribution in [0.4, 0.5) is 0 Å². The summed E-state index contributed by atoms with van der Waals surface area (Å²) in [4.78, 5) is 13.9.